The summed E-state index contributed by atoms with van der Waals surface area (Å²) in [6.45, 7) is 0. The van der Waals surface area contributed by atoms with Gasteiger partial charge in [-0.1, -0.05) is 71.5 Å². The first-order valence-corrected chi connectivity index (χ1v) is 33.6. The van der Waals surface area contributed by atoms with Crippen LogP contribution in [-0.4, -0.2) is 91.6 Å². The molecule has 0 bridgehead atoms. The van der Waals surface area contributed by atoms with Gasteiger partial charge in [-0.05, 0) is 130 Å². The number of halogens is 2. The maximum atomic E-state index is 13.5. The number of non-ortho nitro benzene ring substituents is 2. The van der Waals surface area contributed by atoms with E-state index in [1.54, 1.807) is 48.5 Å². The number of nitrogens with one attached hydrogen (secondary N) is 4. The zero-order valence-electron chi connectivity index (χ0n) is 54.3. The van der Waals surface area contributed by atoms with Gasteiger partial charge in [0.1, 0.15) is 40.5 Å². The van der Waals surface area contributed by atoms with E-state index < -0.39 is 149 Å². The summed E-state index contributed by atoms with van der Waals surface area (Å²) in [5, 5.41) is 98.8. The first-order chi connectivity index (χ1) is 47.2. The first kappa shape index (κ1) is 90.0. The Labute approximate surface area is 728 Å². The van der Waals surface area contributed by atoms with Gasteiger partial charge in [0.05, 0.1) is 52.2 Å². The molecular weight excluding hydrogens is 1610 g/mol. The molecule has 12 aromatic rings. The predicted molar refractivity (Wildman–Crippen MR) is 343 cm³/mol. The summed E-state index contributed by atoms with van der Waals surface area (Å²) in [6, 6.07) is 33.3. The fourth-order valence-corrected chi connectivity index (χ4v) is 12.6. The molecule has 106 heavy (non-hydrogen) atoms. The number of hydrogen-bond donors (Lipinski definition) is 4. The van der Waals surface area contributed by atoms with Crippen molar-refractivity contribution in [2.45, 2.75) is 19.6 Å². The molecule has 0 amide bonds. The molecule has 10 aromatic carbocycles. The van der Waals surface area contributed by atoms with Crippen LogP contribution in [0.4, 0.5) is 80.7 Å². The van der Waals surface area contributed by atoms with Gasteiger partial charge in [0.2, 0.25) is 34.4 Å². The van der Waals surface area contributed by atoms with E-state index in [9.17, 15) is 92.5 Å². The SMILES string of the molecule is O=[N+]([O-])c1ccc2c(N=Nc3c(S(=O)(=O)[O-])cc4cc(Nc5nc(Cl)nc(Nc6ccccc6)n5)ccc4c3[O-])c([O-])cc(S(=O)(=O)[O-])c2c1.O=[N+]([O-])c1ccc2c(N=Nc3c(S(=O)(=O)[O-])cc4cc(Nc5nc(Cl)nc(Nc6ccccc6)n5)ccc4c3[O-])c([O-])cc(S(=O)(=O)[O-])c2c1.[Cr+3].[Na+].[Na+].[Na+].[Na+].[Na+]. The van der Waals surface area contributed by atoms with Crippen LogP contribution in [0.25, 0.3) is 43.1 Å². The van der Waals surface area contributed by atoms with Crippen LogP contribution in [0, 0.1) is 20.2 Å². The van der Waals surface area contributed by atoms with Crippen LogP contribution in [0.1, 0.15) is 0 Å². The van der Waals surface area contributed by atoms with Crippen molar-refractivity contribution < 1.29 is 247 Å². The Morgan fingerprint density at radius 3 is 0.934 bits per heavy atom. The van der Waals surface area contributed by atoms with Gasteiger partial charge in [-0.15, -0.1) is 10.2 Å². The van der Waals surface area contributed by atoms with E-state index in [0.717, 1.165) is 48.5 Å². The smallest absolute Gasteiger partial charge is 0.871 e. The normalized spacial score (nSPS) is 11.4. The second-order valence-corrected chi connectivity index (χ2v) is 26.4. The maximum absolute atomic E-state index is 13.5. The van der Waals surface area contributed by atoms with E-state index in [1.165, 1.54) is 36.4 Å². The van der Waals surface area contributed by atoms with Gasteiger partial charge in [0, 0.05) is 68.6 Å². The molecular formula is C58H30Cl2CrN16Na5O20S4. The van der Waals surface area contributed by atoms with Crippen molar-refractivity contribution >= 4 is 187 Å². The molecule has 1 radical (unpaired) electrons. The molecule has 36 nitrogen and oxygen atoms in total. The van der Waals surface area contributed by atoms with Crippen molar-refractivity contribution in [3.05, 3.63) is 189 Å². The van der Waals surface area contributed by atoms with Crippen molar-refractivity contribution in [2.75, 3.05) is 21.3 Å². The number of rotatable bonds is 18. The molecule has 0 aliphatic carbocycles. The molecule has 0 saturated heterocycles. The van der Waals surface area contributed by atoms with Crippen molar-refractivity contribution in [3.8, 4) is 23.0 Å². The Hall–Kier alpha value is -6.59. The fourth-order valence-electron chi connectivity index (χ4n) is 9.61. The van der Waals surface area contributed by atoms with E-state index in [4.69, 9.17) is 23.2 Å². The average molecular weight is 1640 g/mol. The number of hydrogen-bond acceptors (Lipinski definition) is 34. The van der Waals surface area contributed by atoms with E-state index in [0.29, 0.717) is 23.5 Å². The molecule has 511 valence electrons. The summed E-state index contributed by atoms with van der Waals surface area (Å²) in [5.41, 5.74) is -2.84. The average Bonchev–Trinajstić information content (AvgIpc) is 0.769. The number of nitrogens with zero attached hydrogens (tertiary/aromatic N) is 12. The standard InChI is InChI=1S/2C29H19ClN8O10S2.Cr.5Na/c2*30-27-33-28(31-15-4-2-1-3-5-15)35-29(34-27)32-16-6-8-18-14(10-16)11-23(50(46,47)48)25(26(18)40)37-36-24-19-9-7-17(38(41)42)12-20(19)22(13-21(24)39)49(43,44)45;;;;;;/h2*1-13,39-40H,(H,43,44,45)(H,46,47,48)(H2,31,32,33,34,35);;;;;;/q;;+3;5*+1/p-8. The van der Waals surface area contributed by atoms with Crippen LogP contribution >= 0.6 is 23.2 Å². The van der Waals surface area contributed by atoms with E-state index in [2.05, 4.69) is 71.6 Å². The molecule has 0 spiro atoms. The number of azo groups is 2. The number of anilines is 8. The number of benzene rings is 10. The molecule has 4 N–H and O–H groups in total. The zero-order chi connectivity index (χ0) is 71.9. The minimum absolute atomic E-state index is 0. The van der Waals surface area contributed by atoms with Crippen molar-refractivity contribution in [2.24, 2.45) is 20.5 Å². The first-order valence-electron chi connectivity index (χ1n) is 27.2. The minimum atomic E-state index is -5.41. The largest absolute Gasteiger partial charge is 3.00 e. The van der Waals surface area contributed by atoms with Gasteiger partial charge >= 0.3 is 165 Å². The van der Waals surface area contributed by atoms with Crippen molar-refractivity contribution in [1.29, 1.82) is 0 Å². The van der Waals surface area contributed by atoms with Gasteiger partial charge in [-0.3, -0.25) is 20.2 Å². The predicted octanol–water partition coefficient (Wildman–Crippen LogP) is -5.79. The van der Waals surface area contributed by atoms with Gasteiger partial charge in [-0.25, -0.2) is 33.7 Å². The van der Waals surface area contributed by atoms with Gasteiger partial charge < -0.3 is 59.9 Å². The number of para-hydroxylation sites is 2. The van der Waals surface area contributed by atoms with Gasteiger partial charge in [0.15, 0.2) is 0 Å². The Bertz CT molecular complexity index is 5660. The number of nitro benzene ring substituents is 2. The Morgan fingerprint density at radius 1 is 0.340 bits per heavy atom. The van der Waals surface area contributed by atoms with Crippen molar-refractivity contribution in [3.63, 3.8) is 0 Å². The molecule has 0 saturated carbocycles. The third-order valence-corrected chi connectivity index (χ3v) is 17.7. The summed E-state index contributed by atoms with van der Waals surface area (Å²) in [6.07, 6.45) is 0. The second-order valence-electron chi connectivity index (χ2n) is 20.3. The zero-order valence-corrected chi connectivity index (χ0v) is 70.4. The van der Waals surface area contributed by atoms with Crippen molar-refractivity contribution in [1.82, 2.24) is 29.9 Å². The topological polar surface area (TPSA) is 582 Å². The quantitative estimate of drug-likeness (QED) is 0.0204. The Balaban J connectivity index is 0.000000360. The summed E-state index contributed by atoms with van der Waals surface area (Å²) < 4.78 is 145. The third-order valence-electron chi connectivity index (χ3n) is 13.9. The third kappa shape index (κ3) is 21.0. The molecule has 0 atom stereocenters. The number of fused-ring (bicyclic) bond motifs is 4. The Morgan fingerprint density at radius 2 is 0.632 bits per heavy atom. The molecule has 2 aromatic heterocycles. The fraction of sp³-hybridized carbons (Fsp3) is 0. The second kappa shape index (κ2) is 36.7. The minimum Gasteiger partial charge on any atom is -0.871 e. The van der Waals surface area contributed by atoms with Crippen LogP contribution < -0.4 is 189 Å². The summed E-state index contributed by atoms with van der Waals surface area (Å²) in [7, 11) is -21.5. The molecule has 12 rings (SSSR count). The van der Waals surface area contributed by atoms with Crippen LogP contribution in [0.3, 0.4) is 0 Å². The van der Waals surface area contributed by atoms with Crippen LogP contribution in [-0.2, 0) is 57.8 Å². The molecule has 0 unspecified atom stereocenters. The monoisotopic (exact) mass is 1630 g/mol. The maximum Gasteiger partial charge on any atom is 3.00 e. The van der Waals surface area contributed by atoms with Gasteiger partial charge in [0.25, 0.3) is 11.4 Å². The van der Waals surface area contributed by atoms with Crippen LogP contribution in [0.15, 0.2) is 198 Å². The summed E-state index contributed by atoms with van der Waals surface area (Å²) >= 11 is 12.1. The molecule has 48 heteroatoms. The van der Waals surface area contributed by atoms with E-state index in [1.807, 2.05) is 12.1 Å². The molecule has 2 heterocycles. The van der Waals surface area contributed by atoms with E-state index >= 15 is 0 Å². The number of nitro groups is 2. The van der Waals surface area contributed by atoms with Crippen LogP contribution in [0.2, 0.25) is 10.6 Å². The van der Waals surface area contributed by atoms with E-state index in [-0.39, 0.29) is 232 Å². The summed E-state index contributed by atoms with van der Waals surface area (Å²) in [5.74, 6) is -4.48. The molecule has 0 fully saturated rings. The Kier molecular flexibility index (Phi) is 31.2. The molecule has 0 aliphatic heterocycles. The molecule has 0 aliphatic rings. The van der Waals surface area contributed by atoms with Gasteiger partial charge in [-0.2, -0.15) is 40.1 Å². The summed E-state index contributed by atoms with van der Waals surface area (Å²) in [4.78, 5) is 40.9. The number of aromatic nitrogens is 6. The van der Waals surface area contributed by atoms with Crippen LogP contribution in [0.5, 0.6) is 23.0 Å².